The number of nitrogens with one attached hydrogen (secondary N) is 1. The highest BCUT2D eigenvalue weighted by Gasteiger charge is 2.15. The highest BCUT2D eigenvalue weighted by atomic mass is 15.1. The highest BCUT2D eigenvalue weighted by molar-refractivity contribution is 5.81. The number of anilines is 1. The van der Waals surface area contributed by atoms with Crippen LogP contribution < -0.4 is 4.90 Å². The van der Waals surface area contributed by atoms with Crippen molar-refractivity contribution in [3.8, 4) is 33.9 Å². The first-order valence-electron chi connectivity index (χ1n) is 9.86. The molecule has 0 aliphatic rings. The Morgan fingerprint density at radius 2 is 1.25 bits per heavy atom. The standard InChI is InChI=1S/C25H25N3/c1-3-28(4-2)22-17-15-21(16-18-22)25-26-23(19-11-7-5-8-12-19)24(27-25)20-13-9-6-10-14-20/h5-18H,3-4H2,1-2H3,(H,26,27). The van der Waals surface area contributed by atoms with Crippen molar-refractivity contribution in [1.82, 2.24) is 9.97 Å². The second-order valence-corrected chi connectivity index (χ2v) is 6.76. The number of H-pyrrole nitrogens is 1. The SMILES string of the molecule is CCN(CC)c1ccc(-c2nc(-c3ccccc3)c(-c3ccccc3)[nH]2)cc1. The van der Waals surface area contributed by atoms with Gasteiger partial charge in [-0.15, -0.1) is 0 Å². The van der Waals surface area contributed by atoms with E-state index in [-0.39, 0.29) is 0 Å². The molecule has 0 amide bonds. The van der Waals surface area contributed by atoms with E-state index in [9.17, 15) is 0 Å². The van der Waals surface area contributed by atoms with E-state index in [0.29, 0.717) is 0 Å². The Balaban J connectivity index is 1.78. The molecule has 0 radical (unpaired) electrons. The maximum Gasteiger partial charge on any atom is 0.138 e. The third-order valence-electron chi connectivity index (χ3n) is 5.08. The molecule has 140 valence electrons. The molecule has 0 unspecified atom stereocenters. The summed E-state index contributed by atoms with van der Waals surface area (Å²) in [5.41, 5.74) is 6.62. The quantitative estimate of drug-likeness (QED) is 0.436. The van der Waals surface area contributed by atoms with Crippen molar-refractivity contribution in [2.24, 2.45) is 0 Å². The van der Waals surface area contributed by atoms with Crippen LogP contribution in [0.2, 0.25) is 0 Å². The van der Waals surface area contributed by atoms with Crippen LogP contribution in [0, 0.1) is 0 Å². The summed E-state index contributed by atoms with van der Waals surface area (Å²) in [7, 11) is 0. The lowest BCUT2D eigenvalue weighted by Crippen LogP contribution is -2.21. The summed E-state index contributed by atoms with van der Waals surface area (Å²) < 4.78 is 0. The van der Waals surface area contributed by atoms with Crippen molar-refractivity contribution < 1.29 is 0 Å². The van der Waals surface area contributed by atoms with Crippen LogP contribution in [0.5, 0.6) is 0 Å². The lowest BCUT2D eigenvalue weighted by Gasteiger charge is -2.20. The minimum Gasteiger partial charge on any atom is -0.372 e. The zero-order chi connectivity index (χ0) is 19.3. The number of aromatic amines is 1. The Kier molecular flexibility index (Phi) is 5.24. The van der Waals surface area contributed by atoms with Crippen LogP contribution in [0.15, 0.2) is 84.9 Å². The average molecular weight is 367 g/mol. The van der Waals surface area contributed by atoms with Crippen LogP contribution >= 0.6 is 0 Å². The van der Waals surface area contributed by atoms with Crippen molar-refractivity contribution in [2.75, 3.05) is 18.0 Å². The van der Waals surface area contributed by atoms with Gasteiger partial charge in [-0.1, -0.05) is 60.7 Å². The molecule has 1 N–H and O–H groups in total. The Hall–Kier alpha value is -3.33. The lowest BCUT2D eigenvalue weighted by molar-refractivity contribution is 0.866. The molecule has 28 heavy (non-hydrogen) atoms. The van der Waals surface area contributed by atoms with Gasteiger partial charge in [0.05, 0.1) is 11.4 Å². The van der Waals surface area contributed by atoms with Gasteiger partial charge in [0.1, 0.15) is 5.82 Å². The van der Waals surface area contributed by atoms with Crippen molar-refractivity contribution in [3.05, 3.63) is 84.9 Å². The van der Waals surface area contributed by atoms with E-state index >= 15 is 0 Å². The van der Waals surface area contributed by atoms with Gasteiger partial charge in [0.25, 0.3) is 0 Å². The highest BCUT2D eigenvalue weighted by Crippen LogP contribution is 2.33. The molecule has 0 aliphatic carbocycles. The van der Waals surface area contributed by atoms with Gasteiger partial charge in [0.15, 0.2) is 0 Å². The summed E-state index contributed by atoms with van der Waals surface area (Å²) in [6.07, 6.45) is 0. The summed E-state index contributed by atoms with van der Waals surface area (Å²) >= 11 is 0. The molecular formula is C25H25N3. The second-order valence-electron chi connectivity index (χ2n) is 6.76. The number of aromatic nitrogens is 2. The third-order valence-corrected chi connectivity index (χ3v) is 5.08. The molecule has 3 heteroatoms. The van der Waals surface area contributed by atoms with Gasteiger partial charge < -0.3 is 9.88 Å². The molecule has 4 rings (SSSR count). The Morgan fingerprint density at radius 3 is 1.82 bits per heavy atom. The maximum absolute atomic E-state index is 4.97. The normalized spacial score (nSPS) is 10.8. The fourth-order valence-corrected chi connectivity index (χ4v) is 3.55. The molecule has 0 bridgehead atoms. The van der Waals surface area contributed by atoms with E-state index < -0.39 is 0 Å². The van der Waals surface area contributed by atoms with E-state index in [0.717, 1.165) is 47.0 Å². The predicted molar refractivity (Wildman–Crippen MR) is 118 cm³/mol. The fourth-order valence-electron chi connectivity index (χ4n) is 3.55. The molecule has 3 aromatic carbocycles. The monoisotopic (exact) mass is 367 g/mol. The number of nitrogens with zero attached hydrogens (tertiary/aromatic N) is 2. The molecule has 1 heterocycles. The molecule has 0 spiro atoms. The maximum atomic E-state index is 4.97. The minimum absolute atomic E-state index is 0.892. The minimum atomic E-state index is 0.892. The third kappa shape index (κ3) is 3.56. The van der Waals surface area contributed by atoms with Crippen LogP contribution in [-0.4, -0.2) is 23.1 Å². The smallest absolute Gasteiger partial charge is 0.138 e. The van der Waals surface area contributed by atoms with Crippen molar-refractivity contribution >= 4 is 5.69 Å². The molecule has 3 nitrogen and oxygen atoms in total. The van der Waals surface area contributed by atoms with Gasteiger partial charge in [-0.25, -0.2) is 4.98 Å². The van der Waals surface area contributed by atoms with Crippen LogP contribution in [0.25, 0.3) is 33.9 Å². The number of benzene rings is 3. The van der Waals surface area contributed by atoms with E-state index in [1.54, 1.807) is 0 Å². The van der Waals surface area contributed by atoms with Crippen molar-refractivity contribution in [1.29, 1.82) is 0 Å². The van der Waals surface area contributed by atoms with Gasteiger partial charge >= 0.3 is 0 Å². The number of rotatable bonds is 6. The van der Waals surface area contributed by atoms with E-state index in [2.05, 4.69) is 96.5 Å². The fraction of sp³-hybridized carbons (Fsp3) is 0.160. The molecule has 1 aromatic heterocycles. The van der Waals surface area contributed by atoms with Crippen molar-refractivity contribution in [2.45, 2.75) is 13.8 Å². The predicted octanol–water partition coefficient (Wildman–Crippen LogP) is 6.26. The largest absolute Gasteiger partial charge is 0.372 e. The van der Waals surface area contributed by atoms with Crippen LogP contribution in [0.4, 0.5) is 5.69 Å². The number of hydrogen-bond acceptors (Lipinski definition) is 2. The first kappa shape index (κ1) is 18.1. The van der Waals surface area contributed by atoms with E-state index in [4.69, 9.17) is 4.98 Å². The molecule has 0 aliphatic heterocycles. The molecular weight excluding hydrogens is 342 g/mol. The molecule has 4 aromatic rings. The number of imidazole rings is 1. The zero-order valence-electron chi connectivity index (χ0n) is 16.4. The first-order chi connectivity index (χ1) is 13.8. The van der Waals surface area contributed by atoms with E-state index in [1.165, 1.54) is 5.69 Å². The Labute approximate surface area is 166 Å². The summed E-state index contributed by atoms with van der Waals surface area (Å²) in [5, 5.41) is 0. The van der Waals surface area contributed by atoms with Gasteiger partial charge in [0, 0.05) is 35.5 Å². The Morgan fingerprint density at radius 1 is 0.679 bits per heavy atom. The topological polar surface area (TPSA) is 31.9 Å². The van der Waals surface area contributed by atoms with Crippen LogP contribution in [0.3, 0.4) is 0 Å². The Bertz CT molecular complexity index is 958. The molecule has 0 fully saturated rings. The van der Waals surface area contributed by atoms with Gasteiger partial charge in [0.2, 0.25) is 0 Å². The van der Waals surface area contributed by atoms with E-state index in [1.807, 2.05) is 12.1 Å². The zero-order valence-corrected chi connectivity index (χ0v) is 16.4. The summed E-state index contributed by atoms with van der Waals surface area (Å²) in [6, 6.07) is 29.4. The molecule has 0 saturated carbocycles. The summed E-state index contributed by atoms with van der Waals surface area (Å²) in [6.45, 7) is 6.38. The molecule has 0 saturated heterocycles. The summed E-state index contributed by atoms with van der Waals surface area (Å²) in [4.78, 5) is 10.9. The van der Waals surface area contributed by atoms with Gasteiger partial charge in [-0.3, -0.25) is 0 Å². The van der Waals surface area contributed by atoms with Crippen LogP contribution in [-0.2, 0) is 0 Å². The average Bonchev–Trinajstić information content (AvgIpc) is 3.22. The lowest BCUT2D eigenvalue weighted by atomic mass is 10.1. The second kappa shape index (κ2) is 8.13. The molecule has 0 atom stereocenters. The van der Waals surface area contributed by atoms with Crippen molar-refractivity contribution in [3.63, 3.8) is 0 Å². The van der Waals surface area contributed by atoms with Gasteiger partial charge in [-0.2, -0.15) is 0 Å². The number of hydrogen-bond donors (Lipinski definition) is 1. The summed E-state index contributed by atoms with van der Waals surface area (Å²) in [5.74, 6) is 0.892. The van der Waals surface area contributed by atoms with Gasteiger partial charge in [-0.05, 0) is 38.1 Å². The first-order valence-corrected chi connectivity index (χ1v) is 9.86. The van der Waals surface area contributed by atoms with Crippen LogP contribution in [0.1, 0.15) is 13.8 Å².